The van der Waals surface area contributed by atoms with Crippen LogP contribution in [-0.4, -0.2) is 28.5 Å². The van der Waals surface area contributed by atoms with Crippen molar-refractivity contribution in [3.63, 3.8) is 0 Å². The van der Waals surface area contributed by atoms with Crippen LogP contribution in [0.1, 0.15) is 29.4 Å². The third-order valence-electron chi connectivity index (χ3n) is 2.32. The van der Waals surface area contributed by atoms with Crippen molar-refractivity contribution < 1.29 is 14.7 Å². The van der Waals surface area contributed by atoms with E-state index < -0.39 is 5.97 Å². The number of pyridine rings is 1. The third-order valence-corrected chi connectivity index (χ3v) is 2.51. The number of carbonyl (C=O) groups excluding carboxylic acids is 1. The molecule has 1 aromatic heterocycles. The zero-order valence-electron chi connectivity index (χ0n) is 10.2. The molecule has 0 aromatic carbocycles. The highest BCUT2D eigenvalue weighted by Crippen LogP contribution is 2.10. The number of carboxylic acids is 1. The second-order valence-corrected chi connectivity index (χ2v) is 4.62. The topological polar surface area (TPSA) is 79.3 Å². The number of halogens is 1. The van der Waals surface area contributed by atoms with Crippen LogP contribution in [0.5, 0.6) is 0 Å². The van der Waals surface area contributed by atoms with Gasteiger partial charge in [-0.15, -0.1) is 0 Å². The van der Waals surface area contributed by atoms with Crippen molar-refractivity contribution in [3.05, 3.63) is 28.5 Å². The molecule has 1 atom stereocenters. The minimum absolute atomic E-state index is 0.0242. The van der Waals surface area contributed by atoms with Crippen LogP contribution in [-0.2, 0) is 4.79 Å². The SMILES string of the molecule is Cc1cc(C(=O)NCC(C)CC(=O)O)cc(Cl)n1. The number of hydrogen-bond donors (Lipinski definition) is 2. The largest absolute Gasteiger partial charge is 0.481 e. The van der Waals surface area contributed by atoms with Crippen LogP contribution in [0.15, 0.2) is 12.1 Å². The Hall–Kier alpha value is -1.62. The van der Waals surface area contributed by atoms with Crippen LogP contribution < -0.4 is 5.32 Å². The number of amides is 1. The Labute approximate surface area is 110 Å². The van der Waals surface area contributed by atoms with Crippen molar-refractivity contribution in [3.8, 4) is 0 Å². The number of aryl methyl sites for hydroxylation is 1. The molecule has 1 unspecified atom stereocenters. The summed E-state index contributed by atoms with van der Waals surface area (Å²) in [5.41, 5.74) is 1.08. The highest BCUT2D eigenvalue weighted by Gasteiger charge is 2.11. The zero-order chi connectivity index (χ0) is 13.7. The average Bonchev–Trinajstić information content (AvgIpc) is 2.23. The Morgan fingerprint density at radius 1 is 1.50 bits per heavy atom. The van der Waals surface area contributed by atoms with Gasteiger partial charge in [0.1, 0.15) is 5.15 Å². The number of carbonyl (C=O) groups is 2. The number of rotatable bonds is 5. The van der Waals surface area contributed by atoms with Crippen molar-refractivity contribution in [2.24, 2.45) is 5.92 Å². The summed E-state index contributed by atoms with van der Waals surface area (Å²) in [6.07, 6.45) is 0.0242. The lowest BCUT2D eigenvalue weighted by atomic mass is 10.1. The molecule has 0 fully saturated rings. The van der Waals surface area contributed by atoms with E-state index in [1.54, 1.807) is 19.9 Å². The fraction of sp³-hybridized carbons (Fsp3) is 0.417. The molecule has 1 heterocycles. The van der Waals surface area contributed by atoms with Gasteiger partial charge in [0, 0.05) is 24.2 Å². The molecule has 0 bridgehead atoms. The first-order valence-electron chi connectivity index (χ1n) is 5.52. The monoisotopic (exact) mass is 270 g/mol. The van der Waals surface area contributed by atoms with Gasteiger partial charge in [-0.2, -0.15) is 0 Å². The van der Waals surface area contributed by atoms with E-state index in [-0.39, 0.29) is 23.4 Å². The predicted octanol–water partition coefficient (Wildman–Crippen LogP) is 1.88. The molecule has 6 heteroatoms. The van der Waals surface area contributed by atoms with E-state index in [1.807, 2.05) is 0 Å². The second kappa shape index (κ2) is 6.35. The molecular formula is C12H15ClN2O3. The summed E-state index contributed by atoms with van der Waals surface area (Å²) >= 11 is 5.76. The molecule has 0 spiro atoms. The molecule has 0 aliphatic heterocycles. The molecule has 0 aliphatic rings. The van der Waals surface area contributed by atoms with Crippen LogP contribution in [0, 0.1) is 12.8 Å². The summed E-state index contributed by atoms with van der Waals surface area (Å²) < 4.78 is 0. The van der Waals surface area contributed by atoms with E-state index >= 15 is 0 Å². The van der Waals surface area contributed by atoms with Gasteiger partial charge in [0.25, 0.3) is 5.91 Å². The molecular weight excluding hydrogens is 256 g/mol. The van der Waals surface area contributed by atoms with E-state index in [0.29, 0.717) is 17.8 Å². The maximum Gasteiger partial charge on any atom is 0.303 e. The molecule has 0 radical (unpaired) electrons. The number of hydrogen-bond acceptors (Lipinski definition) is 3. The summed E-state index contributed by atoms with van der Waals surface area (Å²) in [7, 11) is 0. The Morgan fingerprint density at radius 3 is 2.72 bits per heavy atom. The van der Waals surface area contributed by atoms with Crippen molar-refractivity contribution >= 4 is 23.5 Å². The number of nitrogens with one attached hydrogen (secondary N) is 1. The molecule has 5 nitrogen and oxygen atoms in total. The number of aromatic nitrogens is 1. The maximum absolute atomic E-state index is 11.8. The molecule has 18 heavy (non-hydrogen) atoms. The van der Waals surface area contributed by atoms with Crippen LogP contribution >= 0.6 is 11.6 Å². The van der Waals surface area contributed by atoms with Crippen LogP contribution in [0.3, 0.4) is 0 Å². The van der Waals surface area contributed by atoms with Gasteiger partial charge in [-0.25, -0.2) is 4.98 Å². The van der Waals surface area contributed by atoms with Crippen molar-refractivity contribution in [2.75, 3.05) is 6.54 Å². The highest BCUT2D eigenvalue weighted by atomic mass is 35.5. The molecule has 0 saturated heterocycles. The fourth-order valence-corrected chi connectivity index (χ4v) is 1.75. The quantitative estimate of drug-likeness (QED) is 0.801. The first-order chi connectivity index (χ1) is 8.38. The maximum atomic E-state index is 11.8. The van der Waals surface area contributed by atoms with Gasteiger partial charge in [-0.1, -0.05) is 18.5 Å². The van der Waals surface area contributed by atoms with Crippen LogP contribution in [0.25, 0.3) is 0 Å². The molecule has 98 valence electrons. The van der Waals surface area contributed by atoms with Gasteiger partial charge in [-0.3, -0.25) is 9.59 Å². The highest BCUT2D eigenvalue weighted by molar-refractivity contribution is 6.29. The van der Waals surface area contributed by atoms with Gasteiger partial charge in [0.05, 0.1) is 0 Å². The average molecular weight is 271 g/mol. The smallest absolute Gasteiger partial charge is 0.303 e. The number of carboxylic acid groups (broad SMARTS) is 1. The minimum Gasteiger partial charge on any atom is -0.481 e. The Bertz CT molecular complexity index is 442. The minimum atomic E-state index is -0.875. The van der Waals surface area contributed by atoms with Gasteiger partial charge in [0.15, 0.2) is 0 Å². The van der Waals surface area contributed by atoms with Gasteiger partial charge in [0.2, 0.25) is 0 Å². The summed E-state index contributed by atoms with van der Waals surface area (Å²) in [5, 5.41) is 11.5. The number of nitrogens with zero attached hydrogens (tertiary/aromatic N) is 1. The van der Waals surface area contributed by atoms with E-state index in [4.69, 9.17) is 16.7 Å². The van der Waals surface area contributed by atoms with Crippen molar-refractivity contribution in [1.29, 1.82) is 0 Å². The molecule has 0 saturated carbocycles. The number of aliphatic carboxylic acids is 1. The van der Waals surface area contributed by atoms with Crippen LogP contribution in [0.4, 0.5) is 0 Å². The summed E-state index contributed by atoms with van der Waals surface area (Å²) in [6, 6.07) is 3.11. The lowest BCUT2D eigenvalue weighted by Gasteiger charge is -2.10. The lowest BCUT2D eigenvalue weighted by Crippen LogP contribution is -2.29. The van der Waals surface area contributed by atoms with Crippen molar-refractivity contribution in [1.82, 2.24) is 10.3 Å². The van der Waals surface area contributed by atoms with E-state index in [1.165, 1.54) is 6.07 Å². The third kappa shape index (κ3) is 4.71. The van der Waals surface area contributed by atoms with Crippen molar-refractivity contribution in [2.45, 2.75) is 20.3 Å². The Morgan fingerprint density at radius 2 is 2.17 bits per heavy atom. The Kier molecular flexibility index (Phi) is 5.09. The van der Waals surface area contributed by atoms with E-state index in [9.17, 15) is 9.59 Å². The lowest BCUT2D eigenvalue weighted by molar-refractivity contribution is -0.137. The van der Waals surface area contributed by atoms with E-state index in [0.717, 1.165) is 0 Å². The second-order valence-electron chi connectivity index (χ2n) is 4.23. The van der Waals surface area contributed by atoms with Gasteiger partial charge < -0.3 is 10.4 Å². The predicted molar refractivity (Wildman–Crippen MR) is 67.7 cm³/mol. The first kappa shape index (κ1) is 14.4. The molecule has 0 aliphatic carbocycles. The first-order valence-corrected chi connectivity index (χ1v) is 5.90. The Balaban J connectivity index is 2.57. The van der Waals surface area contributed by atoms with Crippen LogP contribution in [0.2, 0.25) is 5.15 Å². The van der Waals surface area contributed by atoms with Gasteiger partial charge in [-0.05, 0) is 25.0 Å². The van der Waals surface area contributed by atoms with E-state index in [2.05, 4.69) is 10.3 Å². The zero-order valence-corrected chi connectivity index (χ0v) is 11.0. The normalized spacial score (nSPS) is 11.9. The molecule has 2 N–H and O–H groups in total. The molecule has 1 amide bonds. The summed E-state index contributed by atoms with van der Waals surface area (Å²) in [4.78, 5) is 26.2. The van der Waals surface area contributed by atoms with Gasteiger partial charge >= 0.3 is 5.97 Å². The molecule has 1 rings (SSSR count). The fourth-order valence-electron chi connectivity index (χ4n) is 1.50. The standard InChI is InChI=1S/C12H15ClN2O3/c1-7(3-11(16)17)6-14-12(18)9-4-8(2)15-10(13)5-9/h4-5,7H,3,6H2,1-2H3,(H,14,18)(H,16,17). The summed E-state index contributed by atoms with van der Waals surface area (Å²) in [5.74, 6) is -1.27. The summed E-state index contributed by atoms with van der Waals surface area (Å²) in [6.45, 7) is 3.82. The molecule has 1 aromatic rings.